The number of alkyl halides is 4. The number of rotatable bonds is 5. The Bertz CT molecular complexity index is 432. The van der Waals surface area contributed by atoms with Gasteiger partial charge in [0.05, 0.1) is 0 Å². The average Bonchev–Trinajstić information content (AvgIpc) is 2.27. The van der Waals surface area contributed by atoms with Crippen LogP contribution in [0.4, 0.5) is 17.6 Å². The summed E-state index contributed by atoms with van der Waals surface area (Å²) in [5, 5.41) is 0. The summed E-state index contributed by atoms with van der Waals surface area (Å²) in [6.07, 6.45) is -4.43. The van der Waals surface area contributed by atoms with Crippen molar-refractivity contribution >= 4 is 17.4 Å². The van der Waals surface area contributed by atoms with Crippen molar-refractivity contribution in [1.82, 2.24) is 0 Å². The third kappa shape index (κ3) is 4.52. The van der Waals surface area contributed by atoms with Crippen molar-refractivity contribution in [2.45, 2.75) is 19.2 Å². The van der Waals surface area contributed by atoms with Crippen LogP contribution in [0.15, 0.2) is 18.2 Å². The van der Waals surface area contributed by atoms with Crippen molar-refractivity contribution in [2.24, 2.45) is 0 Å². The lowest BCUT2D eigenvalue weighted by molar-refractivity contribution is -0.275. The maximum Gasteiger partial charge on any atom is 0.573 e. The van der Waals surface area contributed by atoms with E-state index in [1.807, 2.05) is 0 Å². The van der Waals surface area contributed by atoms with E-state index >= 15 is 0 Å². The Labute approximate surface area is 105 Å². The normalized spacial score (nSPS) is 11.4. The van der Waals surface area contributed by atoms with Crippen LogP contribution >= 0.6 is 11.6 Å². The minimum absolute atomic E-state index is 0.00728. The van der Waals surface area contributed by atoms with E-state index in [4.69, 9.17) is 11.6 Å². The predicted molar refractivity (Wildman–Crippen MR) is 57.4 cm³/mol. The lowest BCUT2D eigenvalue weighted by Crippen LogP contribution is -2.18. The van der Waals surface area contributed by atoms with Gasteiger partial charge in [-0.3, -0.25) is 4.79 Å². The van der Waals surface area contributed by atoms with Gasteiger partial charge < -0.3 is 4.74 Å². The van der Waals surface area contributed by atoms with Gasteiger partial charge in [0, 0.05) is 17.9 Å². The fourth-order valence-electron chi connectivity index (χ4n) is 1.25. The van der Waals surface area contributed by atoms with E-state index in [0.29, 0.717) is 6.42 Å². The van der Waals surface area contributed by atoms with Gasteiger partial charge in [0.1, 0.15) is 0 Å². The Hall–Kier alpha value is -1.30. The maximum absolute atomic E-state index is 13.3. The molecule has 18 heavy (non-hydrogen) atoms. The molecule has 0 bridgehead atoms. The predicted octanol–water partition coefficient (Wildman–Crippen LogP) is 3.93. The molecule has 0 amide bonds. The number of hydrogen-bond acceptors (Lipinski definition) is 2. The number of Topliss-reactive ketones (excluding diaryl/α,β-unsaturated/α-hetero) is 1. The van der Waals surface area contributed by atoms with Crippen LogP contribution in [0.2, 0.25) is 0 Å². The summed E-state index contributed by atoms with van der Waals surface area (Å²) in [6, 6.07) is 2.58. The molecule has 0 radical (unpaired) electrons. The highest BCUT2D eigenvalue weighted by molar-refractivity contribution is 6.18. The van der Waals surface area contributed by atoms with Gasteiger partial charge in [-0.25, -0.2) is 4.39 Å². The van der Waals surface area contributed by atoms with Gasteiger partial charge in [-0.15, -0.1) is 24.8 Å². The molecule has 1 rings (SSSR count). The fourth-order valence-corrected chi connectivity index (χ4v) is 1.39. The fraction of sp³-hybridized carbons (Fsp3) is 0.364. The SMILES string of the molecule is O=C(CCCCl)c1ccc(OC(F)(F)F)c(F)c1. The maximum atomic E-state index is 13.3. The number of hydrogen-bond donors (Lipinski definition) is 0. The van der Waals surface area contributed by atoms with E-state index in [9.17, 15) is 22.4 Å². The molecule has 0 spiro atoms. The van der Waals surface area contributed by atoms with Gasteiger partial charge >= 0.3 is 6.36 Å². The van der Waals surface area contributed by atoms with E-state index < -0.39 is 17.9 Å². The summed E-state index contributed by atoms with van der Waals surface area (Å²) in [4.78, 5) is 11.5. The van der Waals surface area contributed by atoms with Crippen molar-refractivity contribution in [1.29, 1.82) is 0 Å². The molecule has 0 atom stereocenters. The van der Waals surface area contributed by atoms with Gasteiger partial charge in [0.25, 0.3) is 0 Å². The average molecular weight is 285 g/mol. The zero-order chi connectivity index (χ0) is 13.8. The Morgan fingerprint density at radius 3 is 2.50 bits per heavy atom. The number of ketones is 1. The van der Waals surface area contributed by atoms with E-state index in [1.165, 1.54) is 0 Å². The molecular formula is C11H9ClF4O2. The molecule has 0 heterocycles. The second-order valence-electron chi connectivity index (χ2n) is 3.41. The second-order valence-corrected chi connectivity index (χ2v) is 3.79. The summed E-state index contributed by atoms with van der Waals surface area (Å²) in [5.74, 6) is -2.29. The van der Waals surface area contributed by atoms with Gasteiger partial charge in [0.2, 0.25) is 0 Å². The van der Waals surface area contributed by atoms with Crippen molar-refractivity contribution in [3.8, 4) is 5.75 Å². The summed E-state index contributed by atoms with van der Waals surface area (Å²) in [5.41, 5.74) is -0.00728. The molecule has 0 aliphatic carbocycles. The van der Waals surface area contributed by atoms with Crippen molar-refractivity contribution < 1.29 is 27.1 Å². The van der Waals surface area contributed by atoms with Crippen LogP contribution in [-0.2, 0) is 0 Å². The highest BCUT2D eigenvalue weighted by Crippen LogP contribution is 2.26. The number of carbonyl (C=O) groups excluding carboxylic acids is 1. The molecule has 1 aromatic carbocycles. The quantitative estimate of drug-likeness (QED) is 0.465. The number of benzene rings is 1. The molecule has 0 N–H and O–H groups in total. The zero-order valence-corrected chi connectivity index (χ0v) is 9.82. The molecule has 2 nitrogen and oxygen atoms in total. The minimum Gasteiger partial charge on any atom is -0.403 e. The molecule has 0 saturated heterocycles. The number of ether oxygens (including phenoxy) is 1. The first-order valence-corrected chi connectivity index (χ1v) is 5.51. The molecule has 0 aliphatic rings. The van der Waals surface area contributed by atoms with Crippen LogP contribution in [0.25, 0.3) is 0 Å². The summed E-state index contributed by atoms with van der Waals surface area (Å²) in [7, 11) is 0. The molecular weight excluding hydrogens is 276 g/mol. The first kappa shape index (κ1) is 14.8. The van der Waals surface area contributed by atoms with Gasteiger partial charge in [-0.05, 0) is 24.6 Å². The molecule has 0 unspecified atom stereocenters. The van der Waals surface area contributed by atoms with Crippen molar-refractivity contribution in [3.63, 3.8) is 0 Å². The Kier molecular flexibility index (Phi) is 4.95. The summed E-state index contributed by atoms with van der Waals surface area (Å²) in [6.45, 7) is 0. The third-order valence-electron chi connectivity index (χ3n) is 2.02. The Morgan fingerprint density at radius 1 is 1.33 bits per heavy atom. The minimum atomic E-state index is -4.97. The molecule has 0 saturated carbocycles. The number of carbonyl (C=O) groups is 1. The Balaban J connectivity index is 2.82. The van der Waals surface area contributed by atoms with Gasteiger partial charge in [-0.1, -0.05) is 0 Å². The summed E-state index contributed by atoms with van der Waals surface area (Å²) >= 11 is 5.39. The van der Waals surface area contributed by atoms with E-state index in [1.54, 1.807) is 0 Å². The first-order chi connectivity index (χ1) is 8.33. The van der Waals surface area contributed by atoms with Crippen molar-refractivity contribution in [2.75, 3.05) is 5.88 Å². The second kappa shape index (κ2) is 6.04. The molecule has 0 fully saturated rings. The first-order valence-electron chi connectivity index (χ1n) is 4.98. The molecule has 0 aliphatic heterocycles. The van der Waals surface area contributed by atoms with E-state index in [-0.39, 0.29) is 23.6 Å². The highest BCUT2D eigenvalue weighted by Gasteiger charge is 2.32. The van der Waals surface area contributed by atoms with Crippen LogP contribution in [0.1, 0.15) is 23.2 Å². The van der Waals surface area contributed by atoms with E-state index in [2.05, 4.69) is 4.74 Å². The summed E-state index contributed by atoms with van der Waals surface area (Å²) < 4.78 is 52.3. The largest absolute Gasteiger partial charge is 0.573 e. The van der Waals surface area contributed by atoms with Crippen LogP contribution in [0, 0.1) is 5.82 Å². The molecule has 7 heteroatoms. The third-order valence-corrected chi connectivity index (χ3v) is 2.28. The molecule has 100 valence electrons. The van der Waals surface area contributed by atoms with Crippen LogP contribution in [-0.4, -0.2) is 18.0 Å². The Morgan fingerprint density at radius 2 is 2.00 bits per heavy atom. The highest BCUT2D eigenvalue weighted by atomic mass is 35.5. The lowest BCUT2D eigenvalue weighted by atomic mass is 10.1. The lowest BCUT2D eigenvalue weighted by Gasteiger charge is -2.10. The van der Waals surface area contributed by atoms with Gasteiger partial charge in [-0.2, -0.15) is 0 Å². The smallest absolute Gasteiger partial charge is 0.403 e. The zero-order valence-electron chi connectivity index (χ0n) is 9.06. The van der Waals surface area contributed by atoms with Crippen LogP contribution in [0.3, 0.4) is 0 Å². The van der Waals surface area contributed by atoms with Gasteiger partial charge in [0.15, 0.2) is 17.3 Å². The molecule has 1 aromatic rings. The molecule has 0 aromatic heterocycles. The number of halogens is 5. The topological polar surface area (TPSA) is 26.3 Å². The van der Waals surface area contributed by atoms with Crippen LogP contribution in [0.5, 0.6) is 5.75 Å². The monoisotopic (exact) mass is 284 g/mol. The van der Waals surface area contributed by atoms with E-state index in [0.717, 1.165) is 18.2 Å². The standard InChI is InChI=1S/C11H9ClF4O2/c12-5-1-2-9(17)7-3-4-10(8(13)6-7)18-11(14,15)16/h3-4,6H,1-2,5H2. The van der Waals surface area contributed by atoms with Crippen LogP contribution < -0.4 is 4.74 Å². The van der Waals surface area contributed by atoms with Crippen molar-refractivity contribution in [3.05, 3.63) is 29.6 Å².